The minimum Gasteiger partial charge on any atom is -0.469 e. The highest BCUT2D eigenvalue weighted by Crippen LogP contribution is 2.16. The molecular formula is C8H14O3S. The SMILES string of the molecule is COC(=O)CCC(C)SC(C)=O. The molecule has 0 aromatic heterocycles. The summed E-state index contributed by atoms with van der Waals surface area (Å²) in [5.41, 5.74) is 0. The molecule has 1 atom stereocenters. The number of esters is 1. The standard InChI is InChI=1S/C8H14O3S/c1-6(12-7(2)9)4-5-8(10)11-3/h6H,4-5H2,1-3H3. The second-order valence-electron chi connectivity index (χ2n) is 2.53. The van der Waals surface area contributed by atoms with Crippen LogP contribution in [-0.2, 0) is 14.3 Å². The van der Waals surface area contributed by atoms with Gasteiger partial charge in [-0.05, 0) is 6.42 Å². The van der Waals surface area contributed by atoms with E-state index >= 15 is 0 Å². The molecule has 0 radical (unpaired) electrons. The molecule has 70 valence electrons. The minimum atomic E-state index is -0.217. The van der Waals surface area contributed by atoms with Gasteiger partial charge >= 0.3 is 5.97 Å². The van der Waals surface area contributed by atoms with Gasteiger partial charge in [-0.1, -0.05) is 18.7 Å². The lowest BCUT2D eigenvalue weighted by Gasteiger charge is -2.06. The summed E-state index contributed by atoms with van der Waals surface area (Å²) in [6.07, 6.45) is 1.08. The third-order valence-electron chi connectivity index (χ3n) is 1.35. The number of hydrogen-bond donors (Lipinski definition) is 0. The van der Waals surface area contributed by atoms with Gasteiger partial charge in [-0.15, -0.1) is 0 Å². The maximum Gasteiger partial charge on any atom is 0.305 e. The van der Waals surface area contributed by atoms with Crippen LogP contribution >= 0.6 is 11.8 Å². The molecule has 4 heteroatoms. The van der Waals surface area contributed by atoms with Crippen LogP contribution in [0.3, 0.4) is 0 Å². The Morgan fingerprint density at radius 1 is 1.50 bits per heavy atom. The van der Waals surface area contributed by atoms with E-state index in [1.165, 1.54) is 25.8 Å². The van der Waals surface area contributed by atoms with Crippen molar-refractivity contribution < 1.29 is 14.3 Å². The summed E-state index contributed by atoms with van der Waals surface area (Å²) >= 11 is 1.26. The average Bonchev–Trinajstić information content (AvgIpc) is 1.99. The smallest absolute Gasteiger partial charge is 0.305 e. The third-order valence-corrected chi connectivity index (χ3v) is 2.32. The highest BCUT2D eigenvalue weighted by atomic mass is 32.2. The number of hydrogen-bond acceptors (Lipinski definition) is 4. The molecule has 0 aliphatic heterocycles. The Morgan fingerprint density at radius 2 is 2.08 bits per heavy atom. The van der Waals surface area contributed by atoms with Gasteiger partial charge in [0.05, 0.1) is 7.11 Å². The van der Waals surface area contributed by atoms with Crippen LogP contribution in [0.15, 0.2) is 0 Å². The molecule has 0 fully saturated rings. The van der Waals surface area contributed by atoms with Crippen molar-refractivity contribution in [3.63, 3.8) is 0 Å². The fourth-order valence-corrected chi connectivity index (χ4v) is 1.57. The van der Waals surface area contributed by atoms with Crippen molar-refractivity contribution >= 4 is 22.8 Å². The van der Waals surface area contributed by atoms with E-state index in [2.05, 4.69) is 4.74 Å². The van der Waals surface area contributed by atoms with Gasteiger partial charge in [0.2, 0.25) is 0 Å². The summed E-state index contributed by atoms with van der Waals surface area (Å²) in [6, 6.07) is 0. The maximum absolute atomic E-state index is 10.7. The topological polar surface area (TPSA) is 43.4 Å². The largest absolute Gasteiger partial charge is 0.469 e. The quantitative estimate of drug-likeness (QED) is 0.632. The molecule has 0 amide bonds. The Balaban J connectivity index is 3.50. The van der Waals surface area contributed by atoms with E-state index in [0.29, 0.717) is 12.8 Å². The minimum absolute atomic E-state index is 0.0902. The summed E-state index contributed by atoms with van der Waals surface area (Å²) in [4.78, 5) is 21.3. The number of methoxy groups -OCH3 is 1. The van der Waals surface area contributed by atoms with Crippen LogP contribution in [-0.4, -0.2) is 23.4 Å². The van der Waals surface area contributed by atoms with E-state index in [0.717, 1.165) is 0 Å². The van der Waals surface area contributed by atoms with Gasteiger partial charge in [-0.3, -0.25) is 9.59 Å². The first-order valence-electron chi connectivity index (χ1n) is 3.80. The van der Waals surface area contributed by atoms with Gasteiger partial charge in [0, 0.05) is 18.6 Å². The first-order chi connectivity index (χ1) is 5.56. The first kappa shape index (κ1) is 11.5. The molecule has 0 bridgehead atoms. The van der Waals surface area contributed by atoms with Crippen LogP contribution in [0.5, 0.6) is 0 Å². The Morgan fingerprint density at radius 3 is 2.50 bits per heavy atom. The monoisotopic (exact) mass is 190 g/mol. The van der Waals surface area contributed by atoms with Gasteiger partial charge in [-0.25, -0.2) is 0 Å². The van der Waals surface area contributed by atoms with Crippen LogP contribution in [0.1, 0.15) is 26.7 Å². The van der Waals surface area contributed by atoms with E-state index in [9.17, 15) is 9.59 Å². The maximum atomic E-state index is 10.7. The zero-order valence-corrected chi connectivity index (χ0v) is 8.44. The summed E-state index contributed by atoms with van der Waals surface area (Å²) in [5.74, 6) is -0.217. The van der Waals surface area contributed by atoms with Gasteiger partial charge < -0.3 is 4.74 Å². The Hall–Kier alpha value is -0.510. The zero-order chi connectivity index (χ0) is 9.56. The Labute approximate surface area is 76.9 Å². The predicted octanol–water partition coefficient (Wildman–Crippen LogP) is 1.61. The molecule has 0 aromatic rings. The fraction of sp³-hybridized carbons (Fsp3) is 0.750. The van der Waals surface area contributed by atoms with E-state index in [1.54, 1.807) is 0 Å². The molecule has 0 heterocycles. The van der Waals surface area contributed by atoms with Crippen molar-refractivity contribution in [2.24, 2.45) is 0 Å². The number of ether oxygens (including phenoxy) is 1. The molecular weight excluding hydrogens is 176 g/mol. The number of carbonyl (C=O) groups is 2. The van der Waals surface area contributed by atoms with Crippen molar-refractivity contribution in [2.75, 3.05) is 7.11 Å². The number of carbonyl (C=O) groups excluding carboxylic acids is 2. The molecule has 1 unspecified atom stereocenters. The van der Waals surface area contributed by atoms with E-state index < -0.39 is 0 Å². The molecule has 3 nitrogen and oxygen atoms in total. The molecule has 0 rings (SSSR count). The molecule has 0 aliphatic rings. The van der Waals surface area contributed by atoms with E-state index in [-0.39, 0.29) is 16.3 Å². The predicted molar refractivity (Wildman–Crippen MR) is 49.0 cm³/mol. The van der Waals surface area contributed by atoms with Crippen molar-refractivity contribution in [1.29, 1.82) is 0 Å². The van der Waals surface area contributed by atoms with Crippen LogP contribution < -0.4 is 0 Å². The second kappa shape index (κ2) is 6.06. The van der Waals surface area contributed by atoms with Gasteiger partial charge in [-0.2, -0.15) is 0 Å². The first-order valence-corrected chi connectivity index (χ1v) is 4.68. The molecule has 0 aromatic carbocycles. The van der Waals surface area contributed by atoms with Crippen LogP contribution in [0, 0.1) is 0 Å². The molecule has 0 saturated carbocycles. The lowest BCUT2D eigenvalue weighted by atomic mass is 10.2. The fourth-order valence-electron chi connectivity index (χ4n) is 0.765. The van der Waals surface area contributed by atoms with Gasteiger partial charge in [0.1, 0.15) is 0 Å². The number of thioether (sulfide) groups is 1. The second-order valence-corrected chi connectivity index (χ2v) is 4.15. The van der Waals surface area contributed by atoms with Crippen molar-refractivity contribution in [2.45, 2.75) is 31.9 Å². The molecule has 0 saturated heterocycles. The highest BCUT2D eigenvalue weighted by Gasteiger charge is 2.08. The Kier molecular flexibility index (Phi) is 5.80. The van der Waals surface area contributed by atoms with E-state index in [4.69, 9.17) is 0 Å². The van der Waals surface area contributed by atoms with Gasteiger partial charge in [0.15, 0.2) is 5.12 Å². The zero-order valence-electron chi connectivity index (χ0n) is 7.62. The summed E-state index contributed by atoms with van der Waals surface area (Å²) in [5, 5.41) is 0.286. The van der Waals surface area contributed by atoms with Crippen LogP contribution in [0.4, 0.5) is 0 Å². The Bertz CT molecular complexity index is 168. The van der Waals surface area contributed by atoms with Crippen LogP contribution in [0.2, 0.25) is 0 Å². The summed E-state index contributed by atoms with van der Waals surface area (Å²) < 4.78 is 4.47. The van der Waals surface area contributed by atoms with Crippen LogP contribution in [0.25, 0.3) is 0 Å². The highest BCUT2D eigenvalue weighted by molar-refractivity contribution is 8.14. The normalized spacial score (nSPS) is 12.2. The average molecular weight is 190 g/mol. The molecule has 12 heavy (non-hydrogen) atoms. The van der Waals surface area contributed by atoms with Gasteiger partial charge in [0.25, 0.3) is 0 Å². The lowest BCUT2D eigenvalue weighted by Crippen LogP contribution is -2.06. The van der Waals surface area contributed by atoms with Crippen molar-refractivity contribution in [1.82, 2.24) is 0 Å². The van der Waals surface area contributed by atoms with Crippen molar-refractivity contribution in [3.8, 4) is 0 Å². The summed E-state index contributed by atoms with van der Waals surface area (Å²) in [7, 11) is 1.37. The molecule has 0 spiro atoms. The van der Waals surface area contributed by atoms with E-state index in [1.807, 2.05) is 6.92 Å². The number of rotatable bonds is 4. The molecule has 0 aliphatic carbocycles. The molecule has 0 N–H and O–H groups in total. The summed E-state index contributed by atoms with van der Waals surface area (Å²) in [6.45, 7) is 3.45. The van der Waals surface area contributed by atoms with Crippen molar-refractivity contribution in [3.05, 3.63) is 0 Å². The third kappa shape index (κ3) is 6.22. The lowest BCUT2D eigenvalue weighted by molar-refractivity contribution is -0.140.